The summed E-state index contributed by atoms with van der Waals surface area (Å²) >= 11 is 0. The Hall–Kier alpha value is -2.76. The molecule has 108 valence electrons. The van der Waals surface area contributed by atoms with Crippen LogP contribution in [-0.4, -0.2) is 18.0 Å². The first-order valence-electron chi connectivity index (χ1n) is 6.07. The molecule has 0 spiro atoms. The number of hydrogen-bond acceptors (Lipinski definition) is 4. The number of benzene rings is 2. The highest BCUT2D eigenvalue weighted by Gasteiger charge is 2.20. The van der Waals surface area contributed by atoms with Gasteiger partial charge in [-0.25, -0.2) is 9.18 Å². The van der Waals surface area contributed by atoms with Gasteiger partial charge in [0.1, 0.15) is 5.82 Å². The Morgan fingerprint density at radius 3 is 2.43 bits per heavy atom. The van der Waals surface area contributed by atoms with Crippen LogP contribution in [-0.2, 0) is 4.74 Å². The van der Waals surface area contributed by atoms with Crippen LogP contribution < -0.4 is 0 Å². The summed E-state index contributed by atoms with van der Waals surface area (Å²) < 4.78 is 17.7. The van der Waals surface area contributed by atoms with Crippen LogP contribution in [0.25, 0.3) is 11.1 Å². The Kier molecular flexibility index (Phi) is 3.98. The minimum absolute atomic E-state index is 0.0905. The Bertz CT molecular complexity index is 728. The molecule has 0 heterocycles. The number of aryl methyl sites for hydroxylation is 1. The molecule has 0 bridgehead atoms. The fourth-order valence-corrected chi connectivity index (χ4v) is 2.08. The van der Waals surface area contributed by atoms with E-state index < -0.39 is 16.7 Å². The molecular formula is C15H12FNO4. The average molecular weight is 289 g/mol. The molecule has 0 atom stereocenters. The zero-order valence-electron chi connectivity index (χ0n) is 11.4. The SMILES string of the molecule is COC(=O)c1ccc(-c2ccc(F)cc2C)c([N+](=O)[O-])c1. The number of nitro benzene ring substituents is 1. The molecule has 0 saturated heterocycles. The van der Waals surface area contributed by atoms with E-state index in [1.165, 1.54) is 37.4 Å². The number of hydrogen-bond donors (Lipinski definition) is 0. The molecule has 0 aliphatic carbocycles. The number of nitrogens with zero attached hydrogens (tertiary/aromatic N) is 1. The molecule has 0 aliphatic rings. The van der Waals surface area contributed by atoms with Crippen LogP contribution in [0.3, 0.4) is 0 Å². The lowest BCUT2D eigenvalue weighted by molar-refractivity contribution is -0.384. The highest BCUT2D eigenvalue weighted by atomic mass is 19.1. The molecule has 2 aromatic rings. The van der Waals surface area contributed by atoms with E-state index in [4.69, 9.17) is 0 Å². The molecular weight excluding hydrogens is 277 g/mol. The first-order valence-corrected chi connectivity index (χ1v) is 6.07. The second-order valence-corrected chi connectivity index (χ2v) is 4.44. The first-order chi connectivity index (χ1) is 9.93. The fraction of sp³-hybridized carbons (Fsp3) is 0.133. The largest absolute Gasteiger partial charge is 0.465 e. The van der Waals surface area contributed by atoms with E-state index in [2.05, 4.69) is 4.74 Å². The van der Waals surface area contributed by atoms with Crippen molar-refractivity contribution < 1.29 is 18.8 Å². The predicted molar refractivity (Wildman–Crippen MR) is 74.6 cm³/mol. The predicted octanol–water partition coefficient (Wildman–Crippen LogP) is 3.50. The second kappa shape index (κ2) is 5.70. The summed E-state index contributed by atoms with van der Waals surface area (Å²) in [4.78, 5) is 22.1. The Morgan fingerprint density at radius 2 is 1.86 bits per heavy atom. The molecule has 0 aliphatic heterocycles. The molecule has 0 fully saturated rings. The minimum Gasteiger partial charge on any atom is -0.465 e. The summed E-state index contributed by atoms with van der Waals surface area (Å²) in [7, 11) is 1.20. The van der Waals surface area contributed by atoms with E-state index in [9.17, 15) is 19.3 Å². The van der Waals surface area contributed by atoms with Gasteiger partial charge in [0.05, 0.1) is 23.2 Å². The first kappa shape index (κ1) is 14.6. The highest BCUT2D eigenvalue weighted by Crippen LogP contribution is 2.33. The standard InChI is InChI=1S/C15H12FNO4/c1-9-7-11(16)4-6-12(9)13-5-3-10(15(18)21-2)8-14(13)17(19)20/h3-8H,1-2H3. The van der Waals surface area contributed by atoms with Crippen molar-refractivity contribution in [3.8, 4) is 11.1 Å². The molecule has 0 unspecified atom stereocenters. The van der Waals surface area contributed by atoms with Crippen LogP contribution in [0.5, 0.6) is 0 Å². The lowest BCUT2D eigenvalue weighted by Crippen LogP contribution is -2.03. The number of carbonyl (C=O) groups is 1. The molecule has 0 saturated carbocycles. The number of nitro groups is 1. The maximum Gasteiger partial charge on any atom is 0.338 e. The maximum atomic E-state index is 13.1. The third-order valence-electron chi connectivity index (χ3n) is 3.09. The molecule has 2 aromatic carbocycles. The quantitative estimate of drug-likeness (QED) is 0.492. The van der Waals surface area contributed by atoms with Gasteiger partial charge in [0.15, 0.2) is 0 Å². The van der Waals surface area contributed by atoms with E-state index in [0.717, 1.165) is 6.07 Å². The van der Waals surface area contributed by atoms with Gasteiger partial charge in [-0.2, -0.15) is 0 Å². The summed E-state index contributed by atoms with van der Waals surface area (Å²) in [5, 5.41) is 11.2. The topological polar surface area (TPSA) is 69.4 Å². The van der Waals surface area contributed by atoms with Crippen molar-refractivity contribution in [1.82, 2.24) is 0 Å². The normalized spacial score (nSPS) is 10.2. The lowest BCUT2D eigenvalue weighted by atomic mass is 9.97. The van der Waals surface area contributed by atoms with Gasteiger partial charge >= 0.3 is 5.97 Å². The highest BCUT2D eigenvalue weighted by molar-refractivity contribution is 5.92. The minimum atomic E-state index is -0.652. The van der Waals surface area contributed by atoms with Gasteiger partial charge < -0.3 is 4.74 Å². The molecule has 0 aromatic heterocycles. The maximum absolute atomic E-state index is 13.1. The summed E-state index contributed by atoms with van der Waals surface area (Å²) in [6.07, 6.45) is 0. The van der Waals surface area contributed by atoms with Gasteiger partial charge in [-0.3, -0.25) is 10.1 Å². The monoisotopic (exact) mass is 289 g/mol. The number of halogens is 1. The molecule has 0 radical (unpaired) electrons. The van der Waals surface area contributed by atoms with Crippen molar-refractivity contribution in [3.05, 3.63) is 63.5 Å². The molecule has 2 rings (SSSR count). The zero-order chi connectivity index (χ0) is 15.6. The van der Waals surface area contributed by atoms with Gasteiger partial charge in [-0.15, -0.1) is 0 Å². The molecule has 6 heteroatoms. The Labute approximate surface area is 120 Å². The van der Waals surface area contributed by atoms with Crippen molar-refractivity contribution >= 4 is 11.7 Å². The molecule has 21 heavy (non-hydrogen) atoms. The number of methoxy groups -OCH3 is 1. The van der Waals surface area contributed by atoms with Gasteiger partial charge in [-0.05, 0) is 42.3 Å². The third kappa shape index (κ3) is 2.89. The van der Waals surface area contributed by atoms with E-state index in [-0.39, 0.29) is 11.3 Å². The van der Waals surface area contributed by atoms with Crippen molar-refractivity contribution in [3.63, 3.8) is 0 Å². The van der Waals surface area contributed by atoms with E-state index in [1.54, 1.807) is 6.92 Å². The Morgan fingerprint density at radius 1 is 1.19 bits per heavy atom. The summed E-state index contributed by atoms with van der Waals surface area (Å²) in [6, 6.07) is 8.07. The third-order valence-corrected chi connectivity index (χ3v) is 3.09. The van der Waals surface area contributed by atoms with E-state index >= 15 is 0 Å². The fourth-order valence-electron chi connectivity index (χ4n) is 2.08. The molecule has 0 N–H and O–H groups in total. The van der Waals surface area contributed by atoms with Crippen molar-refractivity contribution in [2.24, 2.45) is 0 Å². The van der Waals surface area contributed by atoms with Crippen molar-refractivity contribution in [2.45, 2.75) is 6.92 Å². The smallest absolute Gasteiger partial charge is 0.338 e. The number of rotatable bonds is 3. The lowest BCUT2D eigenvalue weighted by Gasteiger charge is -2.08. The van der Waals surface area contributed by atoms with Crippen LogP contribution in [0.15, 0.2) is 36.4 Å². The second-order valence-electron chi connectivity index (χ2n) is 4.44. The van der Waals surface area contributed by atoms with Gasteiger partial charge in [0.2, 0.25) is 0 Å². The van der Waals surface area contributed by atoms with Gasteiger partial charge in [0, 0.05) is 6.07 Å². The van der Waals surface area contributed by atoms with Gasteiger partial charge in [-0.1, -0.05) is 6.07 Å². The number of carbonyl (C=O) groups excluding carboxylic acids is 1. The summed E-state index contributed by atoms with van der Waals surface area (Å²) in [5.41, 5.74) is 1.30. The molecule has 5 nitrogen and oxygen atoms in total. The van der Waals surface area contributed by atoms with E-state index in [0.29, 0.717) is 16.7 Å². The summed E-state index contributed by atoms with van der Waals surface area (Å²) in [5.74, 6) is -1.06. The zero-order valence-corrected chi connectivity index (χ0v) is 11.4. The summed E-state index contributed by atoms with van der Waals surface area (Å²) in [6.45, 7) is 1.66. The van der Waals surface area contributed by atoms with Crippen LogP contribution in [0.4, 0.5) is 10.1 Å². The van der Waals surface area contributed by atoms with Crippen molar-refractivity contribution in [1.29, 1.82) is 0 Å². The number of esters is 1. The van der Waals surface area contributed by atoms with Gasteiger partial charge in [0.25, 0.3) is 5.69 Å². The number of ether oxygens (including phenoxy) is 1. The Balaban J connectivity index is 2.63. The van der Waals surface area contributed by atoms with Crippen LogP contribution in [0.2, 0.25) is 0 Å². The van der Waals surface area contributed by atoms with Crippen LogP contribution >= 0.6 is 0 Å². The van der Waals surface area contributed by atoms with Crippen LogP contribution in [0.1, 0.15) is 15.9 Å². The average Bonchev–Trinajstić information content (AvgIpc) is 2.46. The van der Waals surface area contributed by atoms with Crippen LogP contribution in [0, 0.1) is 22.9 Å². The molecule has 0 amide bonds. The van der Waals surface area contributed by atoms with E-state index in [1.807, 2.05) is 0 Å². The van der Waals surface area contributed by atoms with Crippen molar-refractivity contribution in [2.75, 3.05) is 7.11 Å².